The van der Waals surface area contributed by atoms with Gasteiger partial charge in [-0.2, -0.15) is 0 Å². The van der Waals surface area contributed by atoms with Crippen molar-refractivity contribution in [2.45, 2.75) is 284 Å². The van der Waals surface area contributed by atoms with Crippen LogP contribution in [0.2, 0.25) is 0 Å². The fraction of sp³-hybridized carbons (Fsp3) is 0.978. The molecule has 0 aromatic rings. The van der Waals surface area contributed by atoms with Crippen LogP contribution in [0, 0.1) is 0 Å². The average Bonchev–Trinajstić information content (AvgIpc) is 3.09. The van der Waals surface area contributed by atoms with Gasteiger partial charge in [-0.05, 0) is 12.8 Å². The molecule has 0 aromatic heterocycles. The van der Waals surface area contributed by atoms with Gasteiger partial charge in [-0.15, -0.1) is 0 Å². The molecule has 0 saturated heterocycles. The first-order valence-electron chi connectivity index (χ1n) is 23.0. The van der Waals surface area contributed by atoms with Gasteiger partial charge in [-0.1, -0.05) is 264 Å². The lowest BCUT2D eigenvalue weighted by atomic mass is 10.0. The molecule has 2 heteroatoms. The molecule has 288 valence electrons. The molecule has 0 aliphatic carbocycles. The van der Waals surface area contributed by atoms with E-state index in [1.165, 1.54) is 250 Å². The molecule has 0 aliphatic rings. The minimum absolute atomic E-state index is 0.0306. The number of carbonyl (C=O) groups excluding carboxylic acids is 1. The number of rotatable bonds is 43. The van der Waals surface area contributed by atoms with Gasteiger partial charge in [0.2, 0.25) is 0 Å². The highest BCUT2D eigenvalue weighted by Crippen LogP contribution is 2.17. The van der Waals surface area contributed by atoms with Crippen molar-refractivity contribution in [3.05, 3.63) is 0 Å². The van der Waals surface area contributed by atoms with Gasteiger partial charge in [0.05, 0.1) is 6.61 Å². The van der Waals surface area contributed by atoms with Crippen molar-refractivity contribution >= 4 is 5.97 Å². The van der Waals surface area contributed by atoms with Crippen LogP contribution in [0.25, 0.3) is 0 Å². The van der Waals surface area contributed by atoms with E-state index in [-0.39, 0.29) is 5.97 Å². The van der Waals surface area contributed by atoms with E-state index < -0.39 is 0 Å². The molecule has 0 amide bonds. The predicted molar refractivity (Wildman–Crippen MR) is 216 cm³/mol. The molecule has 0 unspecified atom stereocenters. The maximum Gasteiger partial charge on any atom is 0.305 e. The van der Waals surface area contributed by atoms with Crippen LogP contribution in [0.1, 0.15) is 284 Å². The summed E-state index contributed by atoms with van der Waals surface area (Å²) in [4.78, 5) is 12.0. The Labute approximate surface area is 304 Å². The lowest BCUT2D eigenvalue weighted by Gasteiger charge is -2.06. The van der Waals surface area contributed by atoms with Gasteiger partial charge in [0.15, 0.2) is 0 Å². The predicted octanol–water partition coefficient (Wildman–Crippen LogP) is 17.0. The number of unbranched alkanes of at least 4 members (excludes halogenated alkanes) is 39. The van der Waals surface area contributed by atoms with Gasteiger partial charge in [-0.3, -0.25) is 4.79 Å². The maximum atomic E-state index is 12.0. The Bertz CT molecular complexity index is 572. The molecule has 0 spiro atoms. The zero-order valence-electron chi connectivity index (χ0n) is 33.7. The van der Waals surface area contributed by atoms with Crippen molar-refractivity contribution in [3.8, 4) is 0 Å². The monoisotopic (exact) mass is 677 g/mol. The second-order valence-corrected chi connectivity index (χ2v) is 15.8. The molecule has 0 aliphatic heterocycles. The molecule has 48 heavy (non-hydrogen) atoms. The Morgan fingerprint density at radius 2 is 0.458 bits per heavy atom. The van der Waals surface area contributed by atoms with E-state index >= 15 is 0 Å². The molecule has 2 nitrogen and oxygen atoms in total. The number of hydrogen-bond acceptors (Lipinski definition) is 2. The minimum Gasteiger partial charge on any atom is -0.466 e. The summed E-state index contributed by atoms with van der Waals surface area (Å²) in [5.41, 5.74) is 0. The van der Waals surface area contributed by atoms with Crippen molar-refractivity contribution in [2.24, 2.45) is 0 Å². The third-order valence-corrected chi connectivity index (χ3v) is 10.7. The Balaban J connectivity index is 3.12. The summed E-state index contributed by atoms with van der Waals surface area (Å²) in [6, 6.07) is 0. The van der Waals surface area contributed by atoms with Crippen molar-refractivity contribution in [3.63, 3.8) is 0 Å². The molecule has 0 atom stereocenters. The normalized spacial score (nSPS) is 11.5. The molecule has 0 radical (unpaired) electrons. The van der Waals surface area contributed by atoms with Crippen LogP contribution in [0.4, 0.5) is 0 Å². The van der Waals surface area contributed by atoms with Crippen molar-refractivity contribution in [1.29, 1.82) is 0 Å². The average molecular weight is 677 g/mol. The third kappa shape index (κ3) is 43.5. The second-order valence-electron chi connectivity index (χ2n) is 15.8. The highest BCUT2D eigenvalue weighted by molar-refractivity contribution is 5.69. The molecular formula is C46H92O2. The highest BCUT2D eigenvalue weighted by atomic mass is 16.5. The maximum absolute atomic E-state index is 12.0. The first kappa shape index (κ1) is 47.5. The first-order valence-corrected chi connectivity index (χ1v) is 23.0. The summed E-state index contributed by atoms with van der Waals surface area (Å²) in [6.07, 6.45) is 58.0. The topological polar surface area (TPSA) is 26.3 Å². The molecule has 0 saturated carbocycles. The van der Waals surface area contributed by atoms with E-state index in [4.69, 9.17) is 4.74 Å². The van der Waals surface area contributed by atoms with E-state index in [0.717, 1.165) is 12.8 Å². The van der Waals surface area contributed by atoms with E-state index in [1.54, 1.807) is 0 Å². The third-order valence-electron chi connectivity index (χ3n) is 10.7. The largest absolute Gasteiger partial charge is 0.466 e. The number of esters is 1. The van der Waals surface area contributed by atoms with Crippen molar-refractivity contribution in [1.82, 2.24) is 0 Å². The minimum atomic E-state index is 0.0306. The summed E-state index contributed by atoms with van der Waals surface area (Å²) < 4.78 is 5.47. The van der Waals surface area contributed by atoms with Gasteiger partial charge >= 0.3 is 5.97 Å². The summed E-state index contributed by atoms with van der Waals surface area (Å²) in [6.45, 7) is 5.23. The summed E-state index contributed by atoms with van der Waals surface area (Å²) >= 11 is 0. The molecule has 0 rings (SSSR count). The summed E-state index contributed by atoms with van der Waals surface area (Å²) in [5.74, 6) is 0.0306. The van der Waals surface area contributed by atoms with E-state index in [2.05, 4.69) is 13.8 Å². The van der Waals surface area contributed by atoms with Gasteiger partial charge in [0, 0.05) is 6.42 Å². The van der Waals surface area contributed by atoms with Crippen LogP contribution >= 0.6 is 0 Å². The summed E-state index contributed by atoms with van der Waals surface area (Å²) in [5, 5.41) is 0. The zero-order valence-corrected chi connectivity index (χ0v) is 33.7. The van der Waals surface area contributed by atoms with Gasteiger partial charge in [0.25, 0.3) is 0 Å². The van der Waals surface area contributed by atoms with E-state index in [1.807, 2.05) is 0 Å². The van der Waals surface area contributed by atoms with Crippen LogP contribution in [0.5, 0.6) is 0 Å². The fourth-order valence-electron chi connectivity index (χ4n) is 7.32. The second kappa shape index (κ2) is 44.5. The Morgan fingerprint density at radius 1 is 0.271 bits per heavy atom. The molecular weight excluding hydrogens is 585 g/mol. The molecule has 0 bridgehead atoms. The van der Waals surface area contributed by atoms with Crippen LogP contribution < -0.4 is 0 Å². The number of ether oxygens (including phenoxy) is 1. The quantitative estimate of drug-likeness (QED) is 0.0474. The van der Waals surface area contributed by atoms with Crippen molar-refractivity contribution < 1.29 is 9.53 Å². The van der Waals surface area contributed by atoms with Crippen LogP contribution in [-0.2, 0) is 9.53 Å². The lowest BCUT2D eigenvalue weighted by molar-refractivity contribution is -0.143. The lowest BCUT2D eigenvalue weighted by Crippen LogP contribution is -2.05. The standard InChI is InChI=1S/C46H92O2/c1-3-5-7-9-11-13-15-17-18-19-20-21-22-23-24-25-26-27-28-29-30-31-33-35-37-39-41-43-45-48-46(47)44-42-40-38-36-34-32-16-14-12-10-8-6-4-2/h3-45H2,1-2H3. The number of hydrogen-bond donors (Lipinski definition) is 0. The van der Waals surface area contributed by atoms with Crippen LogP contribution in [-0.4, -0.2) is 12.6 Å². The fourth-order valence-corrected chi connectivity index (χ4v) is 7.32. The number of carbonyl (C=O) groups is 1. The molecule has 0 fully saturated rings. The Morgan fingerprint density at radius 3 is 0.688 bits per heavy atom. The van der Waals surface area contributed by atoms with E-state index in [9.17, 15) is 4.79 Å². The van der Waals surface area contributed by atoms with Crippen LogP contribution in [0.15, 0.2) is 0 Å². The first-order chi connectivity index (χ1) is 23.8. The van der Waals surface area contributed by atoms with Gasteiger partial charge in [0.1, 0.15) is 0 Å². The van der Waals surface area contributed by atoms with Gasteiger partial charge < -0.3 is 4.74 Å². The van der Waals surface area contributed by atoms with Crippen LogP contribution in [0.3, 0.4) is 0 Å². The molecule has 0 aromatic carbocycles. The summed E-state index contributed by atoms with van der Waals surface area (Å²) in [7, 11) is 0. The van der Waals surface area contributed by atoms with Crippen molar-refractivity contribution in [2.75, 3.05) is 6.61 Å². The Kier molecular flexibility index (Phi) is 44.0. The molecule has 0 N–H and O–H groups in total. The SMILES string of the molecule is CCCCCCCCCCCCCCCCCCCCCCCCCCCCCCOC(=O)CCCCCCCCCCCCCCC. The highest BCUT2D eigenvalue weighted by Gasteiger charge is 2.03. The smallest absolute Gasteiger partial charge is 0.305 e. The van der Waals surface area contributed by atoms with Gasteiger partial charge in [-0.25, -0.2) is 0 Å². The Hall–Kier alpha value is -0.530. The zero-order chi connectivity index (χ0) is 34.7. The molecule has 0 heterocycles. The van der Waals surface area contributed by atoms with E-state index in [0.29, 0.717) is 13.0 Å².